The van der Waals surface area contributed by atoms with Crippen molar-refractivity contribution < 1.29 is 28.3 Å². The lowest BCUT2D eigenvalue weighted by molar-refractivity contribution is -0.159. The maximum Gasteiger partial charge on any atom is 0.336 e. The predicted octanol–water partition coefficient (Wildman–Crippen LogP) is 4.24. The maximum atomic E-state index is 13.0. The van der Waals surface area contributed by atoms with E-state index in [0.717, 1.165) is 17.5 Å². The number of nitrogens with zero attached hydrogens (tertiary/aromatic N) is 1. The van der Waals surface area contributed by atoms with Gasteiger partial charge in [-0.05, 0) is 54.8 Å². The number of ether oxygens (including phenoxy) is 2. The fraction of sp³-hybridized carbons (Fsp3) is 0.273. The molecule has 3 aromatic rings. The zero-order valence-corrected chi connectivity index (χ0v) is 15.6. The minimum atomic E-state index is -1.13. The van der Waals surface area contributed by atoms with Gasteiger partial charge >= 0.3 is 5.97 Å². The molecule has 150 valence electrons. The molecule has 0 amide bonds. The molecule has 7 heteroatoms. The molecular weight excluding hydrogens is 377 g/mol. The van der Waals surface area contributed by atoms with E-state index in [4.69, 9.17) is 14.0 Å². The van der Waals surface area contributed by atoms with Crippen molar-refractivity contribution in [3.63, 3.8) is 0 Å². The number of carbonyl (C=O) groups is 1. The third-order valence-electron chi connectivity index (χ3n) is 4.99. The van der Waals surface area contributed by atoms with Crippen LogP contribution in [0.3, 0.4) is 0 Å². The average Bonchev–Trinajstić information content (AvgIpc) is 3.39. The van der Waals surface area contributed by atoms with Crippen molar-refractivity contribution in [1.82, 2.24) is 5.16 Å². The van der Waals surface area contributed by atoms with Gasteiger partial charge in [-0.3, -0.25) is 0 Å². The molecule has 1 aliphatic rings. The molecule has 0 bridgehead atoms. The van der Waals surface area contributed by atoms with Gasteiger partial charge in [-0.2, -0.15) is 0 Å². The number of aliphatic carboxylic acids is 1. The summed E-state index contributed by atoms with van der Waals surface area (Å²) in [5.74, 6) is -0.0570. The Balaban J connectivity index is 1.36. The summed E-state index contributed by atoms with van der Waals surface area (Å²) in [5, 5.41) is 13.5. The van der Waals surface area contributed by atoms with Gasteiger partial charge in [-0.15, -0.1) is 0 Å². The molecule has 1 N–H and O–H groups in total. The summed E-state index contributed by atoms with van der Waals surface area (Å²) >= 11 is 0. The van der Waals surface area contributed by atoms with Crippen LogP contribution in [0, 0.1) is 5.82 Å². The van der Waals surface area contributed by atoms with Crippen LogP contribution in [0.25, 0.3) is 11.3 Å². The number of hydrogen-bond donors (Lipinski definition) is 1. The van der Waals surface area contributed by atoms with Crippen LogP contribution in [-0.2, 0) is 22.6 Å². The van der Waals surface area contributed by atoms with Gasteiger partial charge < -0.3 is 19.1 Å². The van der Waals surface area contributed by atoms with Crippen molar-refractivity contribution in [2.45, 2.75) is 31.5 Å². The van der Waals surface area contributed by atoms with E-state index in [2.05, 4.69) is 5.16 Å². The van der Waals surface area contributed by atoms with Crippen molar-refractivity contribution in [3.05, 3.63) is 71.7 Å². The SMILES string of the molecule is O=C(O)[C@@]1(Cc2ccc(OCc3cc(-c4ccc(F)cc4)no3)cc2)CCCO1. The lowest BCUT2D eigenvalue weighted by Crippen LogP contribution is -2.40. The second-order valence-electron chi connectivity index (χ2n) is 7.05. The lowest BCUT2D eigenvalue weighted by atomic mass is 9.92. The highest BCUT2D eigenvalue weighted by molar-refractivity contribution is 5.78. The first-order chi connectivity index (χ1) is 14.0. The zero-order chi connectivity index (χ0) is 20.3. The van der Waals surface area contributed by atoms with Crippen molar-refractivity contribution in [1.29, 1.82) is 0 Å². The van der Waals surface area contributed by atoms with Crippen molar-refractivity contribution >= 4 is 5.97 Å². The maximum absolute atomic E-state index is 13.0. The van der Waals surface area contributed by atoms with Gasteiger partial charge in [-0.25, -0.2) is 9.18 Å². The number of halogens is 1. The number of hydrogen-bond acceptors (Lipinski definition) is 5. The van der Waals surface area contributed by atoms with E-state index in [-0.39, 0.29) is 12.4 Å². The Hall–Kier alpha value is -3.19. The molecule has 1 saturated heterocycles. The quantitative estimate of drug-likeness (QED) is 0.642. The van der Waals surface area contributed by atoms with Gasteiger partial charge in [0, 0.05) is 24.7 Å². The van der Waals surface area contributed by atoms with Crippen LogP contribution in [0.4, 0.5) is 4.39 Å². The lowest BCUT2D eigenvalue weighted by Gasteiger charge is -2.23. The van der Waals surface area contributed by atoms with Crippen LogP contribution in [-0.4, -0.2) is 28.4 Å². The minimum Gasteiger partial charge on any atom is -0.486 e. The van der Waals surface area contributed by atoms with Gasteiger partial charge in [0.25, 0.3) is 0 Å². The Morgan fingerprint density at radius 2 is 1.93 bits per heavy atom. The topological polar surface area (TPSA) is 81.8 Å². The number of carboxylic acids is 1. The second-order valence-corrected chi connectivity index (χ2v) is 7.05. The summed E-state index contributed by atoms with van der Waals surface area (Å²) in [4.78, 5) is 11.6. The first-order valence-electron chi connectivity index (χ1n) is 9.35. The molecule has 2 heterocycles. The van der Waals surface area contributed by atoms with Crippen molar-refractivity contribution in [2.24, 2.45) is 0 Å². The third-order valence-corrected chi connectivity index (χ3v) is 4.99. The molecule has 6 nitrogen and oxygen atoms in total. The summed E-state index contributed by atoms with van der Waals surface area (Å²) in [6, 6.07) is 15.0. The molecular formula is C22H20FNO5. The number of aromatic nitrogens is 1. The van der Waals surface area contributed by atoms with Gasteiger partial charge in [0.15, 0.2) is 11.4 Å². The third kappa shape index (κ3) is 4.30. The molecule has 2 aromatic carbocycles. The zero-order valence-electron chi connectivity index (χ0n) is 15.6. The highest BCUT2D eigenvalue weighted by Crippen LogP contribution is 2.30. The monoisotopic (exact) mass is 397 g/mol. The van der Waals surface area contributed by atoms with Gasteiger partial charge in [0.05, 0.1) is 0 Å². The van der Waals surface area contributed by atoms with Crippen LogP contribution < -0.4 is 4.74 Å². The van der Waals surface area contributed by atoms with Gasteiger partial charge in [-0.1, -0.05) is 17.3 Å². The largest absolute Gasteiger partial charge is 0.486 e. The van der Waals surface area contributed by atoms with Crippen LogP contribution in [0.2, 0.25) is 0 Å². The molecule has 1 aromatic heterocycles. The Morgan fingerprint density at radius 1 is 1.17 bits per heavy atom. The van der Waals surface area contributed by atoms with Crippen LogP contribution in [0.15, 0.2) is 59.1 Å². The molecule has 0 aliphatic carbocycles. The predicted molar refractivity (Wildman–Crippen MR) is 102 cm³/mol. The smallest absolute Gasteiger partial charge is 0.336 e. The number of rotatable bonds is 7. The molecule has 0 saturated carbocycles. The Morgan fingerprint density at radius 3 is 2.59 bits per heavy atom. The summed E-state index contributed by atoms with van der Waals surface area (Å²) in [5.41, 5.74) is 1.11. The molecule has 1 aliphatic heterocycles. The molecule has 1 fully saturated rings. The van der Waals surface area contributed by atoms with Crippen molar-refractivity contribution in [2.75, 3.05) is 6.61 Å². The van der Waals surface area contributed by atoms with E-state index in [1.165, 1.54) is 12.1 Å². The molecule has 1 atom stereocenters. The fourth-order valence-electron chi connectivity index (χ4n) is 3.41. The fourth-order valence-corrected chi connectivity index (χ4v) is 3.41. The first-order valence-corrected chi connectivity index (χ1v) is 9.35. The highest BCUT2D eigenvalue weighted by Gasteiger charge is 2.42. The molecule has 4 rings (SSSR count). The van der Waals surface area contributed by atoms with E-state index < -0.39 is 11.6 Å². The van der Waals surface area contributed by atoms with E-state index >= 15 is 0 Å². The Labute approximate surface area is 166 Å². The molecule has 0 unspecified atom stereocenters. The van der Waals surface area contributed by atoms with Gasteiger partial charge in [0.2, 0.25) is 0 Å². The summed E-state index contributed by atoms with van der Waals surface area (Å²) in [6.45, 7) is 0.667. The Kier molecular flexibility index (Phi) is 5.31. The normalized spacial score (nSPS) is 18.7. The van der Waals surface area contributed by atoms with Crippen LogP contribution >= 0.6 is 0 Å². The van der Waals surface area contributed by atoms with E-state index in [9.17, 15) is 14.3 Å². The second kappa shape index (κ2) is 8.05. The van der Waals surface area contributed by atoms with Crippen LogP contribution in [0.1, 0.15) is 24.2 Å². The standard InChI is InChI=1S/C22H20FNO5/c23-17-6-4-16(5-7-17)20-12-19(29-24-20)14-27-18-8-2-15(3-9-18)13-22(21(25)26)10-1-11-28-22/h2-9,12H,1,10-11,13-14H2,(H,25,26)/t22-/m0/s1. The van der Waals surface area contributed by atoms with Crippen molar-refractivity contribution in [3.8, 4) is 17.0 Å². The molecule has 0 radical (unpaired) electrons. The van der Waals surface area contributed by atoms with E-state index in [1.54, 1.807) is 30.3 Å². The summed E-state index contributed by atoms with van der Waals surface area (Å²) in [7, 11) is 0. The number of carboxylic acid groups (broad SMARTS) is 1. The summed E-state index contributed by atoms with van der Waals surface area (Å²) in [6.07, 6.45) is 1.60. The first kappa shape index (κ1) is 19.1. The molecule has 29 heavy (non-hydrogen) atoms. The van der Waals surface area contributed by atoms with E-state index in [0.29, 0.717) is 36.7 Å². The van der Waals surface area contributed by atoms with Crippen LogP contribution in [0.5, 0.6) is 5.75 Å². The minimum absolute atomic E-state index is 0.190. The van der Waals surface area contributed by atoms with E-state index in [1.807, 2.05) is 12.1 Å². The number of benzene rings is 2. The van der Waals surface area contributed by atoms with Gasteiger partial charge in [0.1, 0.15) is 23.9 Å². The average molecular weight is 397 g/mol. The summed E-state index contributed by atoms with van der Waals surface area (Å²) < 4.78 is 29.5. The highest BCUT2D eigenvalue weighted by atomic mass is 19.1. The Bertz CT molecular complexity index is 975. The molecule has 0 spiro atoms.